The van der Waals surface area contributed by atoms with E-state index in [1.54, 1.807) is 0 Å². The lowest BCUT2D eigenvalue weighted by Gasteiger charge is -2.04. The van der Waals surface area contributed by atoms with E-state index in [1.165, 1.54) is 0 Å². The molecular weight excluding hydrogens is 190 g/mol. The van der Waals surface area contributed by atoms with Crippen molar-refractivity contribution in [2.24, 2.45) is 5.73 Å². The van der Waals surface area contributed by atoms with Gasteiger partial charge in [-0.3, -0.25) is 0 Å². The first-order valence-corrected chi connectivity index (χ1v) is 3.96. The molecular formula is C9H12ClNO2. The average molecular weight is 202 g/mol. The van der Waals surface area contributed by atoms with Crippen LogP contribution in [0.3, 0.4) is 0 Å². The number of nitrogens with two attached hydrogens (primary N) is 1. The highest BCUT2D eigenvalue weighted by Crippen LogP contribution is 2.27. The van der Waals surface area contributed by atoms with Crippen molar-refractivity contribution in [3.05, 3.63) is 24.3 Å². The Bertz CT molecular complexity index is 253. The molecule has 0 atom stereocenters. The van der Waals surface area contributed by atoms with Crippen LogP contribution in [-0.4, -0.2) is 19.3 Å². The molecule has 0 saturated heterocycles. The van der Waals surface area contributed by atoms with Gasteiger partial charge in [-0.1, -0.05) is 12.1 Å². The number of fused-ring (bicyclic) bond motifs is 1. The minimum atomic E-state index is -0.0302. The molecule has 0 spiro atoms. The summed E-state index contributed by atoms with van der Waals surface area (Å²) in [5.74, 6) is 1.57. The van der Waals surface area contributed by atoms with Crippen LogP contribution in [0.4, 0.5) is 0 Å². The second-order valence-corrected chi connectivity index (χ2v) is 2.83. The summed E-state index contributed by atoms with van der Waals surface area (Å²) in [4.78, 5) is 0. The highest BCUT2D eigenvalue weighted by atomic mass is 35.5. The van der Waals surface area contributed by atoms with Crippen LogP contribution in [-0.2, 0) is 0 Å². The first-order chi connectivity index (χ1) is 5.86. The molecule has 0 aliphatic carbocycles. The van der Waals surface area contributed by atoms with Crippen molar-refractivity contribution in [2.45, 2.75) is 6.04 Å². The van der Waals surface area contributed by atoms with Crippen molar-refractivity contribution in [2.75, 3.05) is 13.2 Å². The van der Waals surface area contributed by atoms with E-state index in [0.29, 0.717) is 13.2 Å². The molecule has 0 radical (unpaired) electrons. The fraction of sp³-hybridized carbons (Fsp3) is 0.333. The van der Waals surface area contributed by atoms with E-state index in [1.807, 2.05) is 24.3 Å². The zero-order chi connectivity index (χ0) is 8.39. The topological polar surface area (TPSA) is 44.5 Å². The van der Waals surface area contributed by atoms with Gasteiger partial charge in [0.2, 0.25) is 0 Å². The van der Waals surface area contributed by atoms with E-state index in [0.717, 1.165) is 11.5 Å². The van der Waals surface area contributed by atoms with Gasteiger partial charge in [-0.05, 0) is 12.1 Å². The van der Waals surface area contributed by atoms with Crippen LogP contribution < -0.4 is 15.2 Å². The molecule has 0 saturated carbocycles. The van der Waals surface area contributed by atoms with Gasteiger partial charge in [-0.15, -0.1) is 12.4 Å². The second kappa shape index (κ2) is 4.35. The smallest absolute Gasteiger partial charge is 0.161 e. The molecule has 1 aliphatic heterocycles. The standard InChI is InChI=1S/C9H11NO2.ClH/c10-7-5-11-8-3-1-2-4-9(8)12-6-7;/h1-4,7H,5-6,10H2;1H. The van der Waals surface area contributed by atoms with E-state index >= 15 is 0 Å². The minimum absolute atomic E-state index is 0. The Hall–Kier alpha value is -0.930. The van der Waals surface area contributed by atoms with E-state index in [2.05, 4.69) is 0 Å². The first kappa shape index (κ1) is 10.2. The minimum Gasteiger partial charge on any atom is -0.488 e. The van der Waals surface area contributed by atoms with Gasteiger partial charge >= 0.3 is 0 Å². The van der Waals surface area contributed by atoms with E-state index in [9.17, 15) is 0 Å². The molecule has 72 valence electrons. The van der Waals surface area contributed by atoms with Crippen LogP contribution in [0.2, 0.25) is 0 Å². The Kier molecular flexibility index (Phi) is 3.39. The molecule has 1 aromatic carbocycles. The summed E-state index contributed by atoms with van der Waals surface area (Å²) >= 11 is 0. The van der Waals surface area contributed by atoms with Crippen molar-refractivity contribution in [1.82, 2.24) is 0 Å². The van der Waals surface area contributed by atoms with E-state index < -0.39 is 0 Å². The summed E-state index contributed by atoms with van der Waals surface area (Å²) in [5, 5.41) is 0. The zero-order valence-corrected chi connectivity index (χ0v) is 7.92. The van der Waals surface area contributed by atoms with Crippen molar-refractivity contribution in [1.29, 1.82) is 0 Å². The first-order valence-electron chi connectivity index (χ1n) is 3.96. The summed E-state index contributed by atoms with van der Waals surface area (Å²) in [5.41, 5.74) is 5.66. The maximum absolute atomic E-state index is 5.66. The van der Waals surface area contributed by atoms with Gasteiger partial charge < -0.3 is 15.2 Å². The molecule has 0 aromatic heterocycles. The SMILES string of the molecule is Cl.NC1COc2ccccc2OC1. The predicted molar refractivity (Wildman–Crippen MR) is 52.7 cm³/mol. The van der Waals surface area contributed by atoms with Gasteiger partial charge in [0, 0.05) is 0 Å². The van der Waals surface area contributed by atoms with Crippen LogP contribution in [0.15, 0.2) is 24.3 Å². The summed E-state index contributed by atoms with van der Waals surface area (Å²) < 4.78 is 10.8. The van der Waals surface area contributed by atoms with Crippen molar-refractivity contribution in [3.63, 3.8) is 0 Å². The molecule has 0 fully saturated rings. The number of hydrogen-bond donors (Lipinski definition) is 1. The monoisotopic (exact) mass is 201 g/mol. The Morgan fingerprint density at radius 2 is 1.54 bits per heavy atom. The Morgan fingerprint density at radius 3 is 2.00 bits per heavy atom. The third kappa shape index (κ3) is 2.26. The number of halogens is 1. The second-order valence-electron chi connectivity index (χ2n) is 2.83. The lowest BCUT2D eigenvalue weighted by Crippen LogP contribution is -2.32. The van der Waals surface area contributed by atoms with Crippen molar-refractivity contribution < 1.29 is 9.47 Å². The quantitative estimate of drug-likeness (QED) is 0.686. The zero-order valence-electron chi connectivity index (χ0n) is 7.10. The largest absolute Gasteiger partial charge is 0.488 e. The summed E-state index contributed by atoms with van der Waals surface area (Å²) in [6, 6.07) is 7.57. The molecule has 1 heterocycles. The highest BCUT2D eigenvalue weighted by Gasteiger charge is 2.13. The predicted octanol–water partition coefficient (Wildman–Crippen LogP) is 1.21. The van der Waals surface area contributed by atoms with E-state index in [-0.39, 0.29) is 18.4 Å². The number of para-hydroxylation sites is 2. The number of ether oxygens (including phenoxy) is 2. The van der Waals surface area contributed by atoms with Gasteiger partial charge in [-0.25, -0.2) is 0 Å². The Morgan fingerprint density at radius 1 is 1.08 bits per heavy atom. The fourth-order valence-corrected chi connectivity index (χ4v) is 1.13. The number of hydrogen-bond acceptors (Lipinski definition) is 3. The Balaban J connectivity index is 0.000000845. The number of benzene rings is 1. The maximum atomic E-state index is 5.66. The molecule has 0 amide bonds. The van der Waals surface area contributed by atoms with Gasteiger partial charge in [0.15, 0.2) is 11.5 Å². The maximum Gasteiger partial charge on any atom is 0.161 e. The molecule has 1 aromatic rings. The molecule has 0 unspecified atom stereocenters. The summed E-state index contributed by atoms with van der Waals surface area (Å²) in [7, 11) is 0. The van der Waals surface area contributed by atoms with Crippen LogP contribution >= 0.6 is 12.4 Å². The van der Waals surface area contributed by atoms with Crippen molar-refractivity contribution >= 4 is 12.4 Å². The third-order valence-electron chi connectivity index (χ3n) is 1.75. The molecule has 1 aliphatic rings. The van der Waals surface area contributed by atoms with Gasteiger partial charge in [0.1, 0.15) is 13.2 Å². The summed E-state index contributed by atoms with van der Waals surface area (Å²) in [6.07, 6.45) is 0. The molecule has 3 nitrogen and oxygen atoms in total. The van der Waals surface area contributed by atoms with Gasteiger partial charge in [0.25, 0.3) is 0 Å². The molecule has 4 heteroatoms. The molecule has 13 heavy (non-hydrogen) atoms. The molecule has 0 bridgehead atoms. The van der Waals surface area contributed by atoms with Crippen molar-refractivity contribution in [3.8, 4) is 11.5 Å². The third-order valence-corrected chi connectivity index (χ3v) is 1.75. The Labute approximate surface area is 83.2 Å². The average Bonchev–Trinajstić information content (AvgIpc) is 2.29. The van der Waals surface area contributed by atoms with Crippen LogP contribution in [0.5, 0.6) is 11.5 Å². The van der Waals surface area contributed by atoms with Gasteiger partial charge in [0.05, 0.1) is 6.04 Å². The molecule has 2 rings (SSSR count). The molecule has 2 N–H and O–H groups in total. The fourth-order valence-electron chi connectivity index (χ4n) is 1.13. The lowest BCUT2D eigenvalue weighted by atomic mass is 10.3. The number of rotatable bonds is 0. The van der Waals surface area contributed by atoms with Crippen LogP contribution in [0.1, 0.15) is 0 Å². The normalized spacial score (nSPS) is 15.8. The van der Waals surface area contributed by atoms with Gasteiger partial charge in [-0.2, -0.15) is 0 Å². The lowest BCUT2D eigenvalue weighted by molar-refractivity contribution is 0.264. The van der Waals surface area contributed by atoms with Crippen LogP contribution in [0, 0.1) is 0 Å². The highest BCUT2D eigenvalue weighted by molar-refractivity contribution is 5.85. The summed E-state index contributed by atoms with van der Waals surface area (Å²) in [6.45, 7) is 1.05. The van der Waals surface area contributed by atoms with E-state index in [4.69, 9.17) is 15.2 Å². The van der Waals surface area contributed by atoms with Crippen LogP contribution in [0.25, 0.3) is 0 Å².